The van der Waals surface area contributed by atoms with Gasteiger partial charge in [0.1, 0.15) is 12.3 Å². The van der Waals surface area contributed by atoms with Gasteiger partial charge in [0.2, 0.25) is 0 Å². The quantitative estimate of drug-likeness (QED) is 0.152. The molecule has 0 unspecified atom stereocenters. The molecule has 1 saturated heterocycles. The Morgan fingerprint density at radius 3 is 1.51 bits per heavy atom. The van der Waals surface area contributed by atoms with E-state index in [4.69, 9.17) is 52.8 Å². The molecule has 1 N–H and O–H groups in total. The standard InChI is InChI=1S/C26H53Cl3INO5Si3/c1-23(2,3)37(10,11)33-16-17-19(35-38(12,13)24(4,5)6)20(36-39(14,15)25(7,8)9)18(30)21(34-17)31-22(32)26(27,28)29/h17-21H,16H2,1-15H3,(H,31,32)/t17-,18+,19-,20-,21+/m1/s1. The van der Waals surface area contributed by atoms with E-state index in [9.17, 15) is 4.79 Å². The molecule has 5 atom stereocenters. The van der Waals surface area contributed by atoms with Crippen LogP contribution in [-0.2, 0) is 22.8 Å². The van der Waals surface area contributed by atoms with E-state index in [1.807, 2.05) is 0 Å². The summed E-state index contributed by atoms with van der Waals surface area (Å²) < 4.78 is 25.1. The second kappa shape index (κ2) is 12.9. The molecule has 13 heteroatoms. The molecule has 0 radical (unpaired) electrons. The van der Waals surface area contributed by atoms with Crippen molar-refractivity contribution in [3.05, 3.63) is 0 Å². The fraction of sp³-hybridized carbons (Fsp3) is 0.962. The SMILES string of the molecule is CC(C)(C)[Si](C)(C)OC[C@H]1O[C@H](NC(=O)C(Cl)(Cl)Cl)[C@@H](I)[C@@H](O[Si](C)(C)C(C)(C)C)[C@@H]1O[Si](C)(C)C(C)(C)C. The Bertz CT molecular complexity index is 852. The number of carbonyl (C=O) groups is 1. The highest BCUT2D eigenvalue weighted by molar-refractivity contribution is 14.1. The van der Waals surface area contributed by atoms with Crippen molar-refractivity contribution in [2.45, 2.75) is 149 Å². The van der Waals surface area contributed by atoms with Crippen molar-refractivity contribution in [2.24, 2.45) is 0 Å². The van der Waals surface area contributed by atoms with Gasteiger partial charge in [-0.05, 0) is 54.4 Å². The summed E-state index contributed by atoms with van der Waals surface area (Å²) in [6.07, 6.45) is -2.01. The van der Waals surface area contributed by atoms with Crippen molar-refractivity contribution in [3.63, 3.8) is 0 Å². The number of amides is 1. The van der Waals surface area contributed by atoms with E-state index in [1.54, 1.807) is 0 Å². The van der Waals surface area contributed by atoms with Gasteiger partial charge >= 0.3 is 0 Å². The summed E-state index contributed by atoms with van der Waals surface area (Å²) in [5, 5.41) is 2.77. The minimum atomic E-state index is -2.27. The number of nitrogens with one attached hydrogen (secondary N) is 1. The molecule has 0 aromatic carbocycles. The summed E-state index contributed by atoms with van der Waals surface area (Å²) in [5.41, 5.74) is 0. The molecule has 6 nitrogen and oxygen atoms in total. The van der Waals surface area contributed by atoms with Gasteiger partial charge in [0.15, 0.2) is 25.0 Å². The second-order valence-corrected chi connectivity index (χ2v) is 33.3. The van der Waals surface area contributed by atoms with Crippen LogP contribution in [0.25, 0.3) is 0 Å². The molecule has 0 bridgehead atoms. The summed E-state index contributed by atoms with van der Waals surface area (Å²) in [4.78, 5) is 12.8. The van der Waals surface area contributed by atoms with Gasteiger partial charge in [-0.25, -0.2) is 0 Å². The maximum atomic E-state index is 12.8. The molecular weight excluding hydrogens is 724 g/mol. The highest BCUT2D eigenvalue weighted by Crippen LogP contribution is 2.45. The van der Waals surface area contributed by atoms with E-state index < -0.39 is 53.1 Å². The second-order valence-electron chi connectivity index (χ2n) is 15.3. The van der Waals surface area contributed by atoms with Crippen molar-refractivity contribution >= 4 is 88.3 Å². The number of hydrogen-bond donors (Lipinski definition) is 1. The summed E-state index contributed by atoms with van der Waals surface area (Å²) in [6.45, 7) is 33.6. The van der Waals surface area contributed by atoms with Crippen LogP contribution in [0.2, 0.25) is 54.4 Å². The smallest absolute Gasteiger partial charge is 0.274 e. The molecule has 1 rings (SSSR count). The summed E-state index contributed by atoms with van der Waals surface area (Å²) in [6, 6.07) is 0. The van der Waals surface area contributed by atoms with Crippen molar-refractivity contribution in [1.29, 1.82) is 0 Å². The van der Waals surface area contributed by atoms with Crippen LogP contribution < -0.4 is 5.32 Å². The molecule has 39 heavy (non-hydrogen) atoms. The minimum Gasteiger partial charge on any atom is -0.414 e. The summed E-state index contributed by atoms with van der Waals surface area (Å²) in [7, 11) is -6.66. The monoisotopic (exact) mass is 775 g/mol. The zero-order chi connectivity index (χ0) is 31.2. The van der Waals surface area contributed by atoms with Gasteiger partial charge in [0.05, 0.1) is 22.7 Å². The third-order valence-corrected chi connectivity index (χ3v) is 24.4. The Morgan fingerprint density at radius 1 is 0.769 bits per heavy atom. The number of alkyl halides is 4. The summed E-state index contributed by atoms with van der Waals surface area (Å²) in [5.74, 6) is -0.738. The lowest BCUT2D eigenvalue weighted by atomic mass is 10.0. The van der Waals surface area contributed by atoms with Gasteiger partial charge in [0, 0.05) is 0 Å². The number of halogens is 4. The lowest BCUT2D eigenvalue weighted by Crippen LogP contribution is -2.67. The Morgan fingerprint density at radius 2 is 1.15 bits per heavy atom. The average molecular weight is 777 g/mol. The first kappa shape index (κ1) is 38.6. The van der Waals surface area contributed by atoms with E-state index in [-0.39, 0.29) is 25.1 Å². The van der Waals surface area contributed by atoms with Crippen molar-refractivity contribution in [1.82, 2.24) is 5.32 Å². The van der Waals surface area contributed by atoms with Crippen LogP contribution in [-0.4, -0.2) is 69.7 Å². The van der Waals surface area contributed by atoms with Gasteiger partial charge < -0.3 is 23.3 Å². The number of ether oxygens (including phenoxy) is 1. The first-order valence-electron chi connectivity index (χ1n) is 13.6. The van der Waals surface area contributed by atoms with Crippen LogP contribution in [0.4, 0.5) is 0 Å². The van der Waals surface area contributed by atoms with Crippen LogP contribution in [0.3, 0.4) is 0 Å². The number of rotatable bonds is 8. The van der Waals surface area contributed by atoms with E-state index in [0.717, 1.165) is 0 Å². The van der Waals surface area contributed by atoms with Crippen LogP contribution in [0, 0.1) is 0 Å². The van der Waals surface area contributed by atoms with E-state index in [0.29, 0.717) is 6.61 Å². The molecule has 1 aliphatic heterocycles. The fourth-order valence-electron chi connectivity index (χ4n) is 3.18. The largest absolute Gasteiger partial charge is 0.414 e. The van der Waals surface area contributed by atoms with Crippen LogP contribution in [0.5, 0.6) is 0 Å². The predicted octanol–water partition coefficient (Wildman–Crippen LogP) is 8.80. The molecule has 1 heterocycles. The van der Waals surface area contributed by atoms with Gasteiger partial charge in [-0.2, -0.15) is 0 Å². The molecule has 0 aromatic rings. The van der Waals surface area contributed by atoms with Crippen molar-refractivity contribution in [3.8, 4) is 0 Å². The highest BCUT2D eigenvalue weighted by atomic mass is 127. The topological polar surface area (TPSA) is 66.0 Å². The zero-order valence-corrected chi connectivity index (χ0v) is 34.1. The lowest BCUT2D eigenvalue weighted by Gasteiger charge is -2.52. The molecule has 1 aliphatic rings. The third-order valence-electron chi connectivity index (χ3n) is 9.03. The maximum absolute atomic E-state index is 12.8. The minimum absolute atomic E-state index is 0.0172. The first-order valence-corrected chi connectivity index (χ1v) is 24.7. The van der Waals surface area contributed by atoms with Gasteiger partial charge in [-0.3, -0.25) is 4.79 Å². The maximum Gasteiger partial charge on any atom is 0.274 e. The molecule has 0 spiro atoms. The first-order chi connectivity index (χ1) is 16.9. The molecule has 1 amide bonds. The third kappa shape index (κ3) is 10.0. The Kier molecular flexibility index (Phi) is 12.8. The predicted molar refractivity (Wildman–Crippen MR) is 182 cm³/mol. The molecule has 0 saturated carbocycles. The fourth-order valence-corrected chi connectivity index (χ4v) is 8.18. The van der Waals surface area contributed by atoms with Gasteiger partial charge in [-0.1, -0.05) is 120 Å². The normalized spacial score (nSPS) is 26.5. The Hall–Kier alpha value is 1.56. The zero-order valence-electron chi connectivity index (χ0n) is 26.6. The molecule has 0 aromatic heterocycles. The Balaban J connectivity index is 3.65. The van der Waals surface area contributed by atoms with Gasteiger partial charge in [0.25, 0.3) is 9.70 Å². The van der Waals surface area contributed by atoms with Crippen molar-refractivity contribution < 1.29 is 22.8 Å². The van der Waals surface area contributed by atoms with Crippen molar-refractivity contribution in [2.75, 3.05) is 6.61 Å². The van der Waals surface area contributed by atoms with E-state index in [2.05, 4.69) is 130 Å². The number of carbonyl (C=O) groups excluding carboxylic acids is 1. The molecule has 232 valence electrons. The Labute approximate surface area is 270 Å². The van der Waals surface area contributed by atoms with E-state index in [1.165, 1.54) is 0 Å². The highest BCUT2D eigenvalue weighted by Gasteiger charge is 2.54. The summed E-state index contributed by atoms with van der Waals surface area (Å²) >= 11 is 20.1. The van der Waals surface area contributed by atoms with E-state index >= 15 is 0 Å². The van der Waals surface area contributed by atoms with Gasteiger partial charge in [-0.15, -0.1) is 0 Å². The molecule has 1 fully saturated rings. The van der Waals surface area contributed by atoms with Crippen LogP contribution >= 0.6 is 57.4 Å². The van der Waals surface area contributed by atoms with Crippen LogP contribution in [0.15, 0.2) is 0 Å². The lowest BCUT2D eigenvalue weighted by molar-refractivity contribution is -0.173. The molecular formula is C26H53Cl3INO5Si3. The molecule has 0 aliphatic carbocycles. The van der Waals surface area contributed by atoms with Crippen LogP contribution in [0.1, 0.15) is 62.3 Å². The average Bonchev–Trinajstić information content (AvgIpc) is 2.68. The number of hydrogen-bond acceptors (Lipinski definition) is 5.